The number of nitrogens with zero attached hydrogens (tertiary/aromatic N) is 2. The van der Waals surface area contributed by atoms with Crippen molar-refractivity contribution in [3.63, 3.8) is 0 Å². The molecule has 1 aliphatic rings. The fourth-order valence-electron chi connectivity index (χ4n) is 2.69. The lowest BCUT2D eigenvalue weighted by molar-refractivity contribution is -0.384. The molecule has 0 aliphatic heterocycles. The van der Waals surface area contributed by atoms with E-state index in [0.29, 0.717) is 22.5 Å². The number of nitrogens with one attached hydrogen (secondary N) is 1. The maximum Gasteiger partial charge on any atom is 0.270 e. The smallest absolute Gasteiger partial charge is 0.270 e. The molecule has 1 unspecified atom stereocenters. The second-order valence-electron chi connectivity index (χ2n) is 5.68. The summed E-state index contributed by atoms with van der Waals surface area (Å²) in [7, 11) is 1.63. The molecule has 1 aromatic carbocycles. The van der Waals surface area contributed by atoms with Gasteiger partial charge in [-0.25, -0.2) is 0 Å². The zero-order valence-electron chi connectivity index (χ0n) is 12.2. The Hall–Kier alpha value is -2.41. The minimum absolute atomic E-state index is 0.0267. The lowest BCUT2D eigenvalue weighted by atomic mass is 10.1. The van der Waals surface area contributed by atoms with Gasteiger partial charge in [0.25, 0.3) is 11.2 Å². The Morgan fingerprint density at radius 3 is 2.77 bits per heavy atom. The molecule has 2 N–H and O–H groups in total. The highest BCUT2D eigenvalue weighted by Crippen LogP contribution is 2.35. The first-order valence-electron chi connectivity index (χ1n) is 7.17. The third-order valence-corrected chi connectivity index (χ3v) is 4.17. The van der Waals surface area contributed by atoms with Crippen molar-refractivity contribution in [2.24, 2.45) is 13.0 Å². The van der Waals surface area contributed by atoms with Gasteiger partial charge in [-0.15, -0.1) is 0 Å². The van der Waals surface area contributed by atoms with Crippen molar-refractivity contribution in [3.05, 3.63) is 44.7 Å². The van der Waals surface area contributed by atoms with Gasteiger partial charge >= 0.3 is 0 Å². The molecule has 1 aliphatic carbocycles. The van der Waals surface area contributed by atoms with Gasteiger partial charge < -0.3 is 15.0 Å². The summed E-state index contributed by atoms with van der Waals surface area (Å²) in [6.45, 7) is -0.0315. The molecule has 1 atom stereocenters. The van der Waals surface area contributed by atoms with Crippen LogP contribution in [0.25, 0.3) is 10.9 Å². The number of aryl methyl sites for hydroxylation is 1. The van der Waals surface area contributed by atoms with Crippen LogP contribution in [0, 0.1) is 16.0 Å². The van der Waals surface area contributed by atoms with E-state index in [0.717, 1.165) is 12.8 Å². The van der Waals surface area contributed by atoms with E-state index in [4.69, 9.17) is 0 Å². The van der Waals surface area contributed by atoms with Crippen LogP contribution >= 0.6 is 0 Å². The molecule has 116 valence electrons. The molecule has 3 rings (SSSR count). The van der Waals surface area contributed by atoms with Gasteiger partial charge in [-0.3, -0.25) is 14.9 Å². The van der Waals surface area contributed by atoms with E-state index >= 15 is 0 Å². The van der Waals surface area contributed by atoms with Gasteiger partial charge in [-0.05, 0) is 24.8 Å². The molecule has 7 nitrogen and oxygen atoms in total. The highest BCUT2D eigenvalue weighted by molar-refractivity contribution is 5.93. The Kier molecular flexibility index (Phi) is 3.58. The van der Waals surface area contributed by atoms with Gasteiger partial charge in [0.05, 0.1) is 23.1 Å². The molecule has 1 aromatic heterocycles. The van der Waals surface area contributed by atoms with Gasteiger partial charge in [0, 0.05) is 36.3 Å². The number of rotatable bonds is 5. The number of aliphatic hydroxyl groups is 1. The number of anilines is 1. The van der Waals surface area contributed by atoms with E-state index in [2.05, 4.69) is 5.32 Å². The SMILES string of the molecule is Cn1c(=O)cc(NC(CO)C2CC2)c2cc([N+](=O)[O-])ccc21. The molecule has 0 bridgehead atoms. The molecule has 2 aromatic rings. The Bertz CT molecular complexity index is 795. The van der Waals surface area contributed by atoms with Crippen molar-refractivity contribution in [2.75, 3.05) is 11.9 Å². The summed E-state index contributed by atoms with van der Waals surface area (Å²) in [6.07, 6.45) is 2.09. The summed E-state index contributed by atoms with van der Waals surface area (Å²) < 4.78 is 1.45. The average Bonchev–Trinajstić information content (AvgIpc) is 3.33. The molecule has 0 radical (unpaired) electrons. The highest BCUT2D eigenvalue weighted by Gasteiger charge is 2.31. The number of hydrogen-bond acceptors (Lipinski definition) is 5. The molecule has 1 fully saturated rings. The van der Waals surface area contributed by atoms with Crippen molar-refractivity contribution >= 4 is 22.3 Å². The first-order valence-corrected chi connectivity index (χ1v) is 7.17. The molecule has 0 saturated heterocycles. The van der Waals surface area contributed by atoms with Crippen LogP contribution in [0.5, 0.6) is 0 Å². The summed E-state index contributed by atoms with van der Waals surface area (Å²) in [6, 6.07) is 5.71. The summed E-state index contributed by atoms with van der Waals surface area (Å²) in [5.74, 6) is 0.391. The van der Waals surface area contributed by atoms with E-state index in [1.807, 2.05) is 0 Å². The Balaban J connectivity index is 2.14. The zero-order chi connectivity index (χ0) is 15.9. The minimum Gasteiger partial charge on any atom is -0.394 e. The summed E-state index contributed by atoms with van der Waals surface area (Å²) in [5, 5.41) is 24.3. The number of nitro groups is 1. The molecule has 22 heavy (non-hydrogen) atoms. The normalized spacial score (nSPS) is 15.7. The van der Waals surface area contributed by atoms with Crippen molar-refractivity contribution in [1.29, 1.82) is 0 Å². The largest absolute Gasteiger partial charge is 0.394 e. The van der Waals surface area contributed by atoms with Crippen molar-refractivity contribution in [3.8, 4) is 0 Å². The Morgan fingerprint density at radius 1 is 1.45 bits per heavy atom. The lowest BCUT2D eigenvalue weighted by Gasteiger charge is -2.19. The van der Waals surface area contributed by atoms with Crippen LogP contribution < -0.4 is 10.9 Å². The molecule has 1 heterocycles. The first-order chi connectivity index (χ1) is 10.5. The topological polar surface area (TPSA) is 97.4 Å². The van der Waals surface area contributed by atoms with E-state index in [-0.39, 0.29) is 23.9 Å². The predicted octanol–water partition coefficient (Wildman–Crippen LogP) is 1.63. The van der Waals surface area contributed by atoms with Gasteiger partial charge in [-0.1, -0.05) is 0 Å². The Labute approximate surface area is 126 Å². The van der Waals surface area contributed by atoms with E-state index < -0.39 is 4.92 Å². The lowest BCUT2D eigenvalue weighted by Crippen LogP contribution is -2.27. The molecule has 0 amide bonds. The third-order valence-electron chi connectivity index (χ3n) is 4.17. The number of aromatic nitrogens is 1. The quantitative estimate of drug-likeness (QED) is 0.646. The van der Waals surface area contributed by atoms with Gasteiger partial charge in [0.1, 0.15) is 0 Å². The van der Waals surface area contributed by atoms with Gasteiger partial charge in [0.15, 0.2) is 0 Å². The summed E-state index contributed by atoms with van der Waals surface area (Å²) >= 11 is 0. The van der Waals surface area contributed by atoms with Crippen LogP contribution in [0.15, 0.2) is 29.1 Å². The maximum absolute atomic E-state index is 12.1. The standard InChI is InChI=1S/C15H17N3O4/c1-17-14-5-4-10(18(21)22)6-11(14)12(7-15(17)20)16-13(8-19)9-2-3-9/h4-7,9,13,16,19H,2-3,8H2,1H3. The van der Waals surface area contributed by atoms with Crippen LogP contribution in [-0.2, 0) is 7.05 Å². The van der Waals surface area contributed by atoms with E-state index in [1.54, 1.807) is 13.1 Å². The number of non-ortho nitro benzene ring substituents is 1. The number of pyridine rings is 1. The number of nitro benzene ring substituents is 1. The molecular weight excluding hydrogens is 286 g/mol. The zero-order valence-corrected chi connectivity index (χ0v) is 12.2. The number of hydrogen-bond donors (Lipinski definition) is 2. The molecule has 0 spiro atoms. The highest BCUT2D eigenvalue weighted by atomic mass is 16.6. The van der Waals surface area contributed by atoms with Gasteiger partial charge in [-0.2, -0.15) is 0 Å². The van der Waals surface area contributed by atoms with Crippen LogP contribution in [0.1, 0.15) is 12.8 Å². The minimum atomic E-state index is -0.460. The summed E-state index contributed by atoms with van der Waals surface area (Å²) in [4.78, 5) is 22.6. The third kappa shape index (κ3) is 2.55. The number of benzene rings is 1. The Morgan fingerprint density at radius 2 is 2.18 bits per heavy atom. The fraction of sp³-hybridized carbons (Fsp3) is 0.400. The van der Waals surface area contributed by atoms with E-state index in [9.17, 15) is 20.0 Å². The van der Waals surface area contributed by atoms with E-state index in [1.165, 1.54) is 22.8 Å². The number of fused-ring (bicyclic) bond motifs is 1. The number of aliphatic hydroxyl groups excluding tert-OH is 1. The van der Waals surface area contributed by atoms with Crippen molar-refractivity contribution < 1.29 is 10.0 Å². The van der Waals surface area contributed by atoms with Crippen molar-refractivity contribution in [2.45, 2.75) is 18.9 Å². The molecule has 1 saturated carbocycles. The predicted molar refractivity (Wildman–Crippen MR) is 83.1 cm³/mol. The van der Waals surface area contributed by atoms with Crippen LogP contribution in [0.4, 0.5) is 11.4 Å². The maximum atomic E-state index is 12.1. The van der Waals surface area contributed by atoms with Crippen molar-refractivity contribution in [1.82, 2.24) is 4.57 Å². The average molecular weight is 303 g/mol. The molecular formula is C15H17N3O4. The second kappa shape index (κ2) is 5.42. The van der Waals surface area contributed by atoms with Crippen LogP contribution in [-0.4, -0.2) is 27.2 Å². The molecule has 7 heteroatoms. The summed E-state index contributed by atoms with van der Waals surface area (Å²) in [5.41, 5.74) is 0.929. The van der Waals surface area contributed by atoms with Crippen LogP contribution in [0.3, 0.4) is 0 Å². The van der Waals surface area contributed by atoms with Gasteiger partial charge in [0.2, 0.25) is 0 Å². The first kappa shape index (κ1) is 14.5. The fourth-order valence-corrected chi connectivity index (χ4v) is 2.69. The van der Waals surface area contributed by atoms with Crippen LogP contribution in [0.2, 0.25) is 0 Å². The second-order valence-corrected chi connectivity index (χ2v) is 5.68. The monoisotopic (exact) mass is 303 g/mol.